The van der Waals surface area contributed by atoms with E-state index < -0.39 is 17.8 Å². The van der Waals surface area contributed by atoms with Gasteiger partial charge < -0.3 is 9.63 Å². The number of hydrogen-bond donors (Lipinski definition) is 0. The summed E-state index contributed by atoms with van der Waals surface area (Å²) in [5.41, 5.74) is 0. The second kappa shape index (κ2) is 4.50. The first-order valence-corrected chi connectivity index (χ1v) is 4.15. The van der Waals surface area contributed by atoms with Gasteiger partial charge in [0.2, 0.25) is 0 Å². The van der Waals surface area contributed by atoms with E-state index in [1.165, 1.54) is 0 Å². The van der Waals surface area contributed by atoms with E-state index in [2.05, 4.69) is 4.84 Å². The van der Waals surface area contributed by atoms with Crippen LogP contribution in [0.15, 0.2) is 0 Å². The molecule has 0 aromatic carbocycles. The van der Waals surface area contributed by atoms with Gasteiger partial charge >= 0.3 is 5.97 Å². The van der Waals surface area contributed by atoms with Gasteiger partial charge in [-0.3, -0.25) is 9.59 Å². The lowest BCUT2D eigenvalue weighted by Crippen LogP contribution is -2.31. The van der Waals surface area contributed by atoms with Crippen molar-refractivity contribution in [3.05, 3.63) is 0 Å². The number of carbonyl (C=O) groups excluding carboxylic acids is 4. The van der Waals surface area contributed by atoms with Crippen LogP contribution in [0.25, 0.3) is 0 Å². The second-order valence-corrected chi connectivity index (χ2v) is 2.75. The molecule has 76 valence electrons. The Morgan fingerprint density at radius 2 is 1.93 bits per heavy atom. The summed E-state index contributed by atoms with van der Waals surface area (Å²) < 4.78 is 0. The first kappa shape index (κ1) is 10.4. The summed E-state index contributed by atoms with van der Waals surface area (Å²) in [6.07, 6.45) is 0.601. The van der Waals surface area contributed by atoms with Crippen LogP contribution in [0.1, 0.15) is 25.7 Å². The Morgan fingerprint density at radius 1 is 1.36 bits per heavy atom. The summed E-state index contributed by atoms with van der Waals surface area (Å²) in [7, 11) is 0. The fourth-order valence-corrected chi connectivity index (χ4v) is 0.982. The number of imide groups is 1. The lowest BCUT2D eigenvalue weighted by Gasteiger charge is -2.11. The maximum absolute atomic E-state index is 11.0. The molecule has 0 aromatic rings. The number of hydroxylamine groups is 2. The zero-order valence-corrected chi connectivity index (χ0v) is 7.39. The minimum absolute atomic E-state index is 0.0229. The van der Waals surface area contributed by atoms with Crippen LogP contribution < -0.4 is 0 Å². The van der Waals surface area contributed by atoms with Gasteiger partial charge in [-0.05, 0) is 0 Å². The molecule has 1 aliphatic rings. The number of carbonyl (C=O) groups is 4. The van der Waals surface area contributed by atoms with E-state index in [1.807, 2.05) is 0 Å². The summed E-state index contributed by atoms with van der Waals surface area (Å²) in [6, 6.07) is 0. The van der Waals surface area contributed by atoms with E-state index in [0.29, 0.717) is 11.3 Å². The highest BCUT2D eigenvalue weighted by atomic mass is 16.7. The van der Waals surface area contributed by atoms with Gasteiger partial charge in [0, 0.05) is 19.3 Å². The van der Waals surface area contributed by atoms with Crippen molar-refractivity contribution in [3.63, 3.8) is 0 Å². The number of amides is 2. The quantitative estimate of drug-likeness (QED) is 0.453. The molecular formula is C8H9NO5. The molecule has 1 rings (SSSR count). The van der Waals surface area contributed by atoms with Gasteiger partial charge in [-0.2, -0.15) is 0 Å². The molecule has 0 unspecified atom stereocenters. The average molecular weight is 199 g/mol. The molecule has 0 atom stereocenters. The van der Waals surface area contributed by atoms with Crippen molar-refractivity contribution >= 4 is 24.1 Å². The Kier molecular flexibility index (Phi) is 3.33. The molecule has 1 heterocycles. The van der Waals surface area contributed by atoms with Crippen LogP contribution in [-0.4, -0.2) is 29.1 Å². The van der Waals surface area contributed by atoms with Crippen molar-refractivity contribution in [1.29, 1.82) is 0 Å². The van der Waals surface area contributed by atoms with Crippen molar-refractivity contribution in [2.24, 2.45) is 0 Å². The SMILES string of the molecule is O=CCCC(=O)ON1C(=O)CCC1=O. The first-order valence-electron chi connectivity index (χ1n) is 4.15. The zero-order chi connectivity index (χ0) is 10.6. The van der Waals surface area contributed by atoms with Gasteiger partial charge in [-0.15, -0.1) is 5.06 Å². The zero-order valence-electron chi connectivity index (χ0n) is 7.39. The van der Waals surface area contributed by atoms with Crippen molar-refractivity contribution in [2.75, 3.05) is 0 Å². The van der Waals surface area contributed by atoms with Crippen molar-refractivity contribution < 1.29 is 24.0 Å². The topological polar surface area (TPSA) is 80.8 Å². The Balaban J connectivity index is 2.42. The van der Waals surface area contributed by atoms with Gasteiger partial charge in [0.1, 0.15) is 6.29 Å². The van der Waals surface area contributed by atoms with Crippen LogP contribution in [0.2, 0.25) is 0 Å². The molecule has 1 saturated heterocycles. The number of aldehydes is 1. The summed E-state index contributed by atoms with van der Waals surface area (Å²) >= 11 is 0. The molecule has 0 spiro atoms. The maximum atomic E-state index is 11.0. The van der Waals surface area contributed by atoms with Crippen LogP contribution in [0.3, 0.4) is 0 Å². The number of nitrogens with zero attached hydrogens (tertiary/aromatic N) is 1. The highest BCUT2D eigenvalue weighted by molar-refractivity contribution is 6.01. The van der Waals surface area contributed by atoms with Crippen molar-refractivity contribution in [2.45, 2.75) is 25.7 Å². The molecule has 1 fully saturated rings. The Bertz CT molecular complexity index is 269. The van der Waals surface area contributed by atoms with Gasteiger partial charge in [-0.25, -0.2) is 4.79 Å². The van der Waals surface area contributed by atoms with Crippen molar-refractivity contribution in [3.8, 4) is 0 Å². The highest BCUT2D eigenvalue weighted by Crippen LogP contribution is 2.12. The molecule has 0 bridgehead atoms. The van der Waals surface area contributed by atoms with E-state index in [-0.39, 0.29) is 25.7 Å². The smallest absolute Gasteiger partial charge is 0.330 e. The third-order valence-corrected chi connectivity index (χ3v) is 1.67. The molecule has 2 amide bonds. The monoisotopic (exact) mass is 199 g/mol. The fraction of sp³-hybridized carbons (Fsp3) is 0.500. The molecule has 14 heavy (non-hydrogen) atoms. The predicted molar refractivity (Wildman–Crippen MR) is 42.5 cm³/mol. The molecule has 1 aliphatic heterocycles. The predicted octanol–water partition coefficient (Wildman–Crippen LogP) is -0.427. The molecule has 0 radical (unpaired) electrons. The minimum Gasteiger partial charge on any atom is -0.330 e. The lowest BCUT2D eigenvalue weighted by atomic mass is 10.3. The normalized spacial score (nSPS) is 15.9. The van der Waals surface area contributed by atoms with Crippen LogP contribution in [-0.2, 0) is 24.0 Å². The second-order valence-electron chi connectivity index (χ2n) is 2.75. The third kappa shape index (κ3) is 2.38. The summed E-state index contributed by atoms with van der Waals surface area (Å²) in [6.45, 7) is 0. The van der Waals surface area contributed by atoms with Gasteiger partial charge in [0.15, 0.2) is 0 Å². The number of hydrogen-bond acceptors (Lipinski definition) is 5. The largest absolute Gasteiger partial charge is 0.333 e. The third-order valence-electron chi connectivity index (χ3n) is 1.67. The molecule has 0 aliphatic carbocycles. The Labute approximate surface area is 79.8 Å². The van der Waals surface area contributed by atoms with Crippen LogP contribution in [0, 0.1) is 0 Å². The standard InChI is InChI=1S/C8H9NO5/c10-5-1-2-8(13)14-9-6(11)3-4-7(9)12/h5H,1-4H2. The summed E-state index contributed by atoms with van der Waals surface area (Å²) in [5, 5.41) is 0.465. The van der Waals surface area contributed by atoms with E-state index in [9.17, 15) is 19.2 Å². The van der Waals surface area contributed by atoms with E-state index in [0.717, 1.165) is 0 Å². The van der Waals surface area contributed by atoms with E-state index in [1.54, 1.807) is 0 Å². The average Bonchev–Trinajstić information content (AvgIpc) is 2.46. The van der Waals surface area contributed by atoms with Crippen LogP contribution in [0.4, 0.5) is 0 Å². The van der Waals surface area contributed by atoms with Crippen molar-refractivity contribution in [1.82, 2.24) is 5.06 Å². The Hall–Kier alpha value is -1.72. The Morgan fingerprint density at radius 3 is 2.43 bits per heavy atom. The molecule has 0 aromatic heterocycles. The molecule has 0 N–H and O–H groups in total. The molecular weight excluding hydrogens is 190 g/mol. The van der Waals surface area contributed by atoms with Crippen LogP contribution in [0.5, 0.6) is 0 Å². The molecule has 6 nitrogen and oxygen atoms in total. The van der Waals surface area contributed by atoms with E-state index in [4.69, 9.17) is 0 Å². The molecule has 0 saturated carbocycles. The van der Waals surface area contributed by atoms with Gasteiger partial charge in [0.25, 0.3) is 11.8 Å². The lowest BCUT2D eigenvalue weighted by molar-refractivity contribution is -0.197. The first-order chi connectivity index (χ1) is 6.65. The minimum atomic E-state index is -0.749. The summed E-state index contributed by atoms with van der Waals surface area (Å²) in [4.78, 5) is 47.2. The van der Waals surface area contributed by atoms with Crippen LogP contribution >= 0.6 is 0 Å². The molecule has 6 heteroatoms. The maximum Gasteiger partial charge on any atom is 0.333 e. The van der Waals surface area contributed by atoms with Gasteiger partial charge in [0.05, 0.1) is 6.42 Å². The highest BCUT2D eigenvalue weighted by Gasteiger charge is 2.32. The fourth-order valence-electron chi connectivity index (χ4n) is 0.982. The summed E-state index contributed by atoms with van der Waals surface area (Å²) in [5.74, 6) is -1.79. The van der Waals surface area contributed by atoms with Gasteiger partial charge in [-0.1, -0.05) is 0 Å². The number of rotatable bonds is 4. The van der Waals surface area contributed by atoms with E-state index >= 15 is 0 Å².